The first-order chi connectivity index (χ1) is 11.9. The van der Waals surface area contributed by atoms with E-state index in [0.717, 1.165) is 10.2 Å². The van der Waals surface area contributed by atoms with E-state index in [0.29, 0.717) is 5.56 Å². The molecular weight excluding hydrogens is 378 g/mol. The minimum Gasteiger partial charge on any atom is -0.347 e. The smallest absolute Gasteiger partial charge is 0.272 e. The van der Waals surface area contributed by atoms with Crippen molar-refractivity contribution in [1.82, 2.24) is 5.43 Å². The minimum absolute atomic E-state index is 0.107. The van der Waals surface area contributed by atoms with E-state index in [1.165, 1.54) is 11.3 Å². The van der Waals surface area contributed by atoms with Crippen molar-refractivity contribution in [3.63, 3.8) is 0 Å². The fourth-order valence-electron chi connectivity index (χ4n) is 3.21. The SMILES string of the molecule is CN1/C(=C\C=NNC(=O)c2ccccc2Br)C(C)(C)c2ccccc21. The third-order valence-corrected chi connectivity index (χ3v) is 5.22. The third-order valence-electron chi connectivity index (χ3n) is 4.53. The molecule has 2 aromatic rings. The van der Waals surface area contributed by atoms with Gasteiger partial charge in [-0.15, -0.1) is 0 Å². The minimum atomic E-state index is -0.246. The van der Waals surface area contributed by atoms with Crippen molar-refractivity contribution in [3.8, 4) is 0 Å². The maximum absolute atomic E-state index is 12.1. The second kappa shape index (κ2) is 6.84. The summed E-state index contributed by atoms with van der Waals surface area (Å²) in [6, 6.07) is 15.6. The summed E-state index contributed by atoms with van der Waals surface area (Å²) in [5.41, 5.74) is 6.63. The molecule has 0 fully saturated rings. The van der Waals surface area contributed by atoms with Crippen LogP contribution in [0.15, 0.2) is 69.9 Å². The van der Waals surface area contributed by atoms with Crippen molar-refractivity contribution in [1.29, 1.82) is 0 Å². The molecule has 1 aliphatic rings. The fourth-order valence-corrected chi connectivity index (χ4v) is 3.68. The molecule has 0 aliphatic carbocycles. The van der Waals surface area contributed by atoms with Gasteiger partial charge in [-0.25, -0.2) is 5.43 Å². The van der Waals surface area contributed by atoms with Gasteiger partial charge in [-0.05, 0) is 45.8 Å². The van der Waals surface area contributed by atoms with Gasteiger partial charge in [0.1, 0.15) is 0 Å². The molecule has 0 atom stereocenters. The second-order valence-corrected chi connectivity index (χ2v) is 7.31. The number of hydrogen-bond acceptors (Lipinski definition) is 3. The number of hydrogen-bond donors (Lipinski definition) is 1. The van der Waals surface area contributed by atoms with Crippen LogP contribution in [0.1, 0.15) is 29.8 Å². The Kier molecular flexibility index (Phi) is 4.77. The van der Waals surface area contributed by atoms with Crippen LogP contribution in [-0.4, -0.2) is 19.2 Å². The van der Waals surface area contributed by atoms with E-state index in [9.17, 15) is 4.79 Å². The summed E-state index contributed by atoms with van der Waals surface area (Å²) in [7, 11) is 2.05. The topological polar surface area (TPSA) is 44.7 Å². The van der Waals surface area contributed by atoms with E-state index in [2.05, 4.69) is 63.4 Å². The number of nitrogens with one attached hydrogen (secondary N) is 1. The summed E-state index contributed by atoms with van der Waals surface area (Å²) in [6.07, 6.45) is 3.58. The average Bonchev–Trinajstić information content (AvgIpc) is 2.79. The molecule has 1 aliphatic heterocycles. The van der Waals surface area contributed by atoms with E-state index >= 15 is 0 Å². The van der Waals surface area contributed by atoms with Crippen LogP contribution in [0, 0.1) is 0 Å². The molecule has 1 N–H and O–H groups in total. The van der Waals surface area contributed by atoms with Gasteiger partial charge in [-0.1, -0.05) is 44.2 Å². The molecule has 2 aromatic carbocycles. The highest BCUT2D eigenvalue weighted by Gasteiger charge is 2.37. The van der Waals surface area contributed by atoms with Crippen molar-refractivity contribution in [2.24, 2.45) is 5.10 Å². The van der Waals surface area contributed by atoms with Crippen molar-refractivity contribution in [2.45, 2.75) is 19.3 Å². The zero-order chi connectivity index (χ0) is 18.0. The van der Waals surface area contributed by atoms with Crippen molar-refractivity contribution in [2.75, 3.05) is 11.9 Å². The number of carbonyl (C=O) groups excluding carboxylic acids is 1. The Morgan fingerprint density at radius 2 is 1.84 bits per heavy atom. The number of fused-ring (bicyclic) bond motifs is 1. The van der Waals surface area contributed by atoms with Crippen LogP contribution in [0.2, 0.25) is 0 Å². The Bertz CT molecular complexity index is 871. The number of amides is 1. The largest absolute Gasteiger partial charge is 0.347 e. The number of halogens is 1. The molecule has 1 heterocycles. The average molecular weight is 398 g/mol. The van der Waals surface area contributed by atoms with Crippen LogP contribution >= 0.6 is 15.9 Å². The molecule has 128 valence electrons. The Morgan fingerprint density at radius 3 is 2.56 bits per heavy atom. The van der Waals surface area contributed by atoms with Gasteiger partial charge in [0.15, 0.2) is 0 Å². The van der Waals surface area contributed by atoms with Gasteiger partial charge < -0.3 is 4.90 Å². The first-order valence-corrected chi connectivity index (χ1v) is 8.84. The summed E-state index contributed by atoms with van der Waals surface area (Å²) < 4.78 is 0.744. The standard InChI is InChI=1S/C20H20BrN3O/c1-20(2)15-9-5-7-11-17(15)24(3)18(20)12-13-22-23-19(25)14-8-4-6-10-16(14)21/h4-13H,1-3H3,(H,23,25)/b18-12-,22-13?. The van der Waals surface area contributed by atoms with Gasteiger partial charge >= 0.3 is 0 Å². The Labute approximate surface area is 156 Å². The molecule has 0 saturated heterocycles. The summed E-state index contributed by atoms with van der Waals surface area (Å²) in [4.78, 5) is 14.3. The second-order valence-electron chi connectivity index (χ2n) is 6.45. The fraction of sp³-hybridized carbons (Fsp3) is 0.200. The number of hydrazone groups is 1. The van der Waals surface area contributed by atoms with E-state index in [4.69, 9.17) is 0 Å². The number of carbonyl (C=O) groups is 1. The summed E-state index contributed by atoms with van der Waals surface area (Å²) in [5.74, 6) is -0.246. The predicted octanol–water partition coefficient (Wildman–Crippen LogP) is 4.48. The summed E-state index contributed by atoms with van der Waals surface area (Å²) in [6.45, 7) is 4.38. The van der Waals surface area contributed by atoms with Crippen molar-refractivity contribution >= 4 is 33.7 Å². The molecule has 0 spiro atoms. The number of rotatable bonds is 3. The van der Waals surface area contributed by atoms with Crippen molar-refractivity contribution < 1.29 is 4.79 Å². The lowest BCUT2D eigenvalue weighted by Gasteiger charge is -2.23. The maximum atomic E-state index is 12.1. The number of nitrogens with zero attached hydrogens (tertiary/aromatic N) is 2. The van der Waals surface area contributed by atoms with E-state index in [1.54, 1.807) is 12.3 Å². The lowest BCUT2D eigenvalue weighted by molar-refractivity contribution is 0.0954. The molecule has 0 saturated carbocycles. The lowest BCUT2D eigenvalue weighted by Crippen LogP contribution is -2.23. The first-order valence-electron chi connectivity index (χ1n) is 8.05. The molecule has 25 heavy (non-hydrogen) atoms. The number of anilines is 1. The molecule has 4 nitrogen and oxygen atoms in total. The third kappa shape index (κ3) is 3.24. The Morgan fingerprint density at radius 1 is 1.16 bits per heavy atom. The monoisotopic (exact) mass is 397 g/mol. The van der Waals surface area contributed by atoms with E-state index in [1.807, 2.05) is 37.4 Å². The molecule has 3 rings (SSSR count). The van der Waals surface area contributed by atoms with Gasteiger partial charge in [0, 0.05) is 34.5 Å². The Balaban J connectivity index is 1.75. The van der Waals surface area contributed by atoms with Gasteiger partial charge in [-0.2, -0.15) is 5.10 Å². The summed E-state index contributed by atoms with van der Waals surface area (Å²) >= 11 is 3.37. The van der Waals surface area contributed by atoms with E-state index < -0.39 is 0 Å². The molecule has 1 amide bonds. The maximum Gasteiger partial charge on any atom is 0.272 e. The highest BCUT2D eigenvalue weighted by molar-refractivity contribution is 9.10. The van der Waals surface area contributed by atoms with Crippen LogP contribution in [0.25, 0.3) is 0 Å². The molecule has 0 aromatic heterocycles. The predicted molar refractivity (Wildman–Crippen MR) is 106 cm³/mol. The molecule has 5 heteroatoms. The zero-order valence-corrected chi connectivity index (χ0v) is 16.0. The lowest BCUT2D eigenvalue weighted by atomic mass is 9.84. The van der Waals surface area contributed by atoms with Crippen LogP contribution < -0.4 is 10.3 Å². The molecular formula is C20H20BrN3O. The number of para-hydroxylation sites is 1. The highest BCUT2D eigenvalue weighted by Crippen LogP contribution is 2.46. The van der Waals surface area contributed by atoms with Crippen LogP contribution in [0.4, 0.5) is 5.69 Å². The Hall–Kier alpha value is -2.40. The normalized spacial score (nSPS) is 17.1. The van der Waals surface area contributed by atoms with Crippen LogP contribution in [0.5, 0.6) is 0 Å². The van der Waals surface area contributed by atoms with Crippen LogP contribution in [-0.2, 0) is 5.41 Å². The molecule has 0 radical (unpaired) electrons. The van der Waals surface area contributed by atoms with Gasteiger partial charge in [0.25, 0.3) is 5.91 Å². The number of likely N-dealkylation sites (N-methyl/N-ethyl adjacent to an activating group) is 1. The van der Waals surface area contributed by atoms with E-state index in [-0.39, 0.29) is 11.3 Å². The molecule has 0 unspecified atom stereocenters. The number of benzene rings is 2. The van der Waals surface area contributed by atoms with Gasteiger partial charge in [-0.3, -0.25) is 4.79 Å². The number of allylic oxidation sites excluding steroid dienone is 2. The van der Waals surface area contributed by atoms with Gasteiger partial charge in [0.05, 0.1) is 5.56 Å². The van der Waals surface area contributed by atoms with Crippen LogP contribution in [0.3, 0.4) is 0 Å². The zero-order valence-electron chi connectivity index (χ0n) is 14.5. The molecule has 0 bridgehead atoms. The first kappa shape index (κ1) is 17.4. The van der Waals surface area contributed by atoms with Gasteiger partial charge in [0.2, 0.25) is 0 Å². The quantitative estimate of drug-likeness (QED) is 0.612. The van der Waals surface area contributed by atoms with Crippen molar-refractivity contribution in [3.05, 3.63) is 75.9 Å². The summed E-state index contributed by atoms with van der Waals surface area (Å²) in [5, 5.41) is 4.07. The highest BCUT2D eigenvalue weighted by atomic mass is 79.9.